The lowest BCUT2D eigenvalue weighted by atomic mass is 9.94. The lowest BCUT2D eigenvalue weighted by molar-refractivity contribution is -0.0855. The van der Waals surface area contributed by atoms with E-state index in [-0.39, 0.29) is 29.6 Å². The Morgan fingerprint density at radius 2 is 1.81 bits per heavy atom. The zero-order valence-electron chi connectivity index (χ0n) is 15.3. The number of guanidine groups is 1. The van der Waals surface area contributed by atoms with Gasteiger partial charge in [-0.05, 0) is 12.1 Å². The molecule has 0 radical (unpaired) electrons. The first kappa shape index (κ1) is 24.8. The number of methoxy groups -OCH3 is 1. The van der Waals surface area contributed by atoms with Crippen molar-refractivity contribution in [3.05, 3.63) is 27.2 Å². The SMILES string of the molecule is CN=C(NCCOc1c(Cl)cc(Cl)cc1Cl)NCC1(OC)CCOCC1.I. The van der Waals surface area contributed by atoms with E-state index >= 15 is 0 Å². The third kappa shape index (κ3) is 7.62. The molecule has 1 fully saturated rings. The number of benzene rings is 1. The third-order valence-corrected chi connectivity index (χ3v) is 5.02. The van der Waals surface area contributed by atoms with Gasteiger partial charge < -0.3 is 24.8 Å². The van der Waals surface area contributed by atoms with Gasteiger partial charge in [0.2, 0.25) is 0 Å². The van der Waals surface area contributed by atoms with Gasteiger partial charge in [0, 0.05) is 51.8 Å². The minimum Gasteiger partial charge on any atom is -0.489 e. The molecule has 0 saturated carbocycles. The molecule has 1 aliphatic rings. The normalized spacial score (nSPS) is 16.4. The fourth-order valence-corrected chi connectivity index (χ4v) is 3.58. The molecule has 1 aliphatic heterocycles. The number of halogens is 4. The molecule has 0 bridgehead atoms. The maximum Gasteiger partial charge on any atom is 0.191 e. The van der Waals surface area contributed by atoms with Crippen LogP contribution in [0.5, 0.6) is 5.75 Å². The zero-order chi connectivity index (χ0) is 19.0. The van der Waals surface area contributed by atoms with Gasteiger partial charge in [-0.15, -0.1) is 24.0 Å². The predicted molar refractivity (Wildman–Crippen MR) is 122 cm³/mol. The van der Waals surface area contributed by atoms with Crippen LogP contribution in [-0.4, -0.2) is 58.6 Å². The molecule has 10 heteroatoms. The molecule has 154 valence electrons. The molecule has 2 rings (SSSR count). The van der Waals surface area contributed by atoms with Crippen molar-refractivity contribution in [3.63, 3.8) is 0 Å². The lowest BCUT2D eigenvalue weighted by Crippen LogP contribution is -2.51. The number of hydrogen-bond acceptors (Lipinski definition) is 4. The Bertz CT molecular complexity index is 606. The first-order valence-corrected chi connectivity index (χ1v) is 9.48. The smallest absolute Gasteiger partial charge is 0.191 e. The standard InChI is InChI=1S/C17H24Cl3N3O3.HI/c1-21-16(23-11-17(24-2)3-6-25-7-4-17)22-5-8-26-15-13(19)9-12(18)10-14(15)20;/h9-10H,3-8,11H2,1-2H3,(H2,21,22,23);1H. The number of aliphatic imine (C=N–C) groups is 1. The second-order valence-corrected chi connectivity index (χ2v) is 7.15. The second kappa shape index (κ2) is 12.4. The molecule has 6 nitrogen and oxygen atoms in total. The Kier molecular flexibility index (Phi) is 11.4. The number of rotatable bonds is 7. The Labute approximate surface area is 192 Å². The molecule has 1 saturated heterocycles. The topological polar surface area (TPSA) is 64.1 Å². The summed E-state index contributed by atoms with van der Waals surface area (Å²) < 4.78 is 16.8. The average molecular weight is 553 g/mol. The minimum atomic E-state index is -0.225. The highest BCUT2D eigenvalue weighted by Crippen LogP contribution is 2.35. The first-order valence-electron chi connectivity index (χ1n) is 8.34. The minimum absolute atomic E-state index is 0. The van der Waals surface area contributed by atoms with Crippen molar-refractivity contribution >= 4 is 64.7 Å². The van der Waals surface area contributed by atoms with Crippen LogP contribution in [-0.2, 0) is 9.47 Å². The van der Waals surface area contributed by atoms with E-state index in [1.54, 1.807) is 26.3 Å². The maximum absolute atomic E-state index is 6.10. The van der Waals surface area contributed by atoms with E-state index in [1.807, 2.05) is 0 Å². The quantitative estimate of drug-likeness (QED) is 0.232. The fourth-order valence-electron chi connectivity index (χ4n) is 2.65. The van der Waals surface area contributed by atoms with Gasteiger partial charge in [0.1, 0.15) is 6.61 Å². The van der Waals surface area contributed by atoms with Gasteiger partial charge in [0.05, 0.1) is 22.2 Å². The van der Waals surface area contributed by atoms with Crippen molar-refractivity contribution < 1.29 is 14.2 Å². The van der Waals surface area contributed by atoms with Crippen LogP contribution in [0.4, 0.5) is 0 Å². The summed E-state index contributed by atoms with van der Waals surface area (Å²) in [6.45, 7) is 2.96. The summed E-state index contributed by atoms with van der Waals surface area (Å²) in [6, 6.07) is 3.19. The van der Waals surface area contributed by atoms with Gasteiger partial charge in [0.15, 0.2) is 11.7 Å². The molecule has 27 heavy (non-hydrogen) atoms. The summed E-state index contributed by atoms with van der Waals surface area (Å²) in [5, 5.41) is 7.71. The van der Waals surface area contributed by atoms with Crippen LogP contribution in [0, 0.1) is 0 Å². The largest absolute Gasteiger partial charge is 0.489 e. The molecule has 0 atom stereocenters. The molecule has 0 unspecified atom stereocenters. The molecule has 0 aromatic heterocycles. The Balaban J connectivity index is 0.00000364. The summed E-state index contributed by atoms with van der Waals surface area (Å²) in [4.78, 5) is 4.21. The van der Waals surface area contributed by atoms with Gasteiger partial charge in [-0.3, -0.25) is 4.99 Å². The Morgan fingerprint density at radius 1 is 1.19 bits per heavy atom. The van der Waals surface area contributed by atoms with Crippen LogP contribution < -0.4 is 15.4 Å². The molecule has 0 spiro atoms. The Hall–Kier alpha value is -0.190. The van der Waals surface area contributed by atoms with E-state index in [9.17, 15) is 0 Å². The van der Waals surface area contributed by atoms with E-state index in [0.717, 1.165) is 12.8 Å². The van der Waals surface area contributed by atoms with Crippen molar-refractivity contribution in [2.75, 3.05) is 47.1 Å². The van der Waals surface area contributed by atoms with Crippen LogP contribution in [0.1, 0.15) is 12.8 Å². The summed E-state index contributed by atoms with van der Waals surface area (Å²) in [5.41, 5.74) is -0.225. The van der Waals surface area contributed by atoms with Gasteiger partial charge in [-0.25, -0.2) is 0 Å². The van der Waals surface area contributed by atoms with Gasteiger partial charge in [-0.1, -0.05) is 34.8 Å². The summed E-state index contributed by atoms with van der Waals surface area (Å²) in [7, 11) is 3.45. The van der Waals surface area contributed by atoms with Gasteiger partial charge in [-0.2, -0.15) is 0 Å². The molecule has 2 N–H and O–H groups in total. The molecule has 1 aromatic carbocycles. The van der Waals surface area contributed by atoms with Crippen molar-refractivity contribution in [3.8, 4) is 5.75 Å². The summed E-state index contributed by atoms with van der Waals surface area (Å²) in [5.74, 6) is 1.09. The molecular formula is C17H25Cl3IN3O3. The lowest BCUT2D eigenvalue weighted by Gasteiger charge is -2.36. The van der Waals surface area contributed by atoms with Crippen molar-refractivity contribution in [1.82, 2.24) is 10.6 Å². The molecule has 0 aliphatic carbocycles. The second-order valence-electron chi connectivity index (χ2n) is 5.90. The zero-order valence-corrected chi connectivity index (χ0v) is 19.9. The average Bonchev–Trinajstić information content (AvgIpc) is 2.63. The number of nitrogens with zero attached hydrogens (tertiary/aromatic N) is 1. The molecule has 1 aromatic rings. The van der Waals surface area contributed by atoms with Crippen LogP contribution in [0.3, 0.4) is 0 Å². The summed E-state index contributed by atoms with van der Waals surface area (Å²) >= 11 is 18.1. The van der Waals surface area contributed by atoms with Crippen molar-refractivity contribution in [2.24, 2.45) is 4.99 Å². The van der Waals surface area contributed by atoms with E-state index < -0.39 is 0 Å². The fraction of sp³-hybridized carbons (Fsp3) is 0.588. The van der Waals surface area contributed by atoms with Gasteiger partial charge in [0.25, 0.3) is 0 Å². The highest BCUT2D eigenvalue weighted by atomic mass is 127. The van der Waals surface area contributed by atoms with Crippen molar-refractivity contribution in [2.45, 2.75) is 18.4 Å². The van der Waals surface area contributed by atoms with Crippen LogP contribution in [0.25, 0.3) is 0 Å². The van der Waals surface area contributed by atoms with E-state index in [0.29, 0.717) is 59.7 Å². The predicted octanol–water partition coefficient (Wildman–Crippen LogP) is 4.00. The van der Waals surface area contributed by atoms with Gasteiger partial charge >= 0.3 is 0 Å². The van der Waals surface area contributed by atoms with Crippen molar-refractivity contribution in [1.29, 1.82) is 0 Å². The molecular weight excluding hydrogens is 527 g/mol. The Morgan fingerprint density at radius 3 is 2.37 bits per heavy atom. The highest BCUT2D eigenvalue weighted by Gasteiger charge is 2.32. The third-order valence-electron chi connectivity index (χ3n) is 4.24. The maximum atomic E-state index is 6.10. The molecule has 1 heterocycles. The van der Waals surface area contributed by atoms with Crippen LogP contribution in [0.2, 0.25) is 15.1 Å². The number of ether oxygens (including phenoxy) is 3. The number of hydrogen-bond donors (Lipinski definition) is 2. The monoisotopic (exact) mass is 551 g/mol. The molecule has 0 amide bonds. The van der Waals surface area contributed by atoms with Crippen LogP contribution in [0.15, 0.2) is 17.1 Å². The first-order chi connectivity index (χ1) is 12.5. The van der Waals surface area contributed by atoms with Crippen LogP contribution >= 0.6 is 58.8 Å². The van der Waals surface area contributed by atoms with E-state index in [1.165, 1.54) is 0 Å². The van der Waals surface area contributed by atoms with E-state index in [4.69, 9.17) is 49.0 Å². The number of nitrogens with one attached hydrogen (secondary N) is 2. The highest BCUT2D eigenvalue weighted by molar-refractivity contribution is 14.0. The van der Waals surface area contributed by atoms with E-state index in [2.05, 4.69) is 15.6 Å². The summed E-state index contributed by atoms with van der Waals surface area (Å²) in [6.07, 6.45) is 1.70.